The first kappa shape index (κ1) is 20.4. The van der Waals surface area contributed by atoms with Crippen molar-refractivity contribution in [3.05, 3.63) is 65.5 Å². The molecule has 2 aromatic rings. The molecule has 1 aromatic carbocycles. The van der Waals surface area contributed by atoms with E-state index in [4.69, 9.17) is 0 Å². The second-order valence-electron chi connectivity index (χ2n) is 5.60. The van der Waals surface area contributed by atoms with E-state index in [1.165, 1.54) is 11.1 Å². The van der Waals surface area contributed by atoms with Gasteiger partial charge in [0.2, 0.25) is 0 Å². The Hall–Kier alpha value is -1.63. The molecule has 1 unspecified atom stereocenters. The smallest absolute Gasteiger partial charge is 0.191 e. The van der Waals surface area contributed by atoms with Crippen molar-refractivity contribution in [1.82, 2.24) is 15.6 Å². The zero-order valence-corrected chi connectivity index (χ0v) is 17.0. The highest BCUT2D eigenvalue weighted by Crippen LogP contribution is 2.10. The number of hydrogen-bond donors (Lipinski definition) is 2. The van der Waals surface area contributed by atoms with Crippen LogP contribution in [0.15, 0.2) is 53.7 Å². The summed E-state index contributed by atoms with van der Waals surface area (Å²) in [4.78, 5) is 8.98. The highest BCUT2D eigenvalue weighted by molar-refractivity contribution is 14.0. The van der Waals surface area contributed by atoms with Crippen molar-refractivity contribution in [2.75, 3.05) is 13.1 Å². The number of rotatable bonds is 6. The summed E-state index contributed by atoms with van der Waals surface area (Å²) in [7, 11) is 0. The van der Waals surface area contributed by atoms with Gasteiger partial charge in [0.1, 0.15) is 0 Å². The van der Waals surface area contributed by atoms with E-state index in [-0.39, 0.29) is 30.0 Å². The van der Waals surface area contributed by atoms with E-state index in [9.17, 15) is 0 Å². The summed E-state index contributed by atoms with van der Waals surface area (Å²) in [6.07, 6.45) is 2.82. The highest BCUT2D eigenvalue weighted by atomic mass is 127. The molecule has 0 spiro atoms. The van der Waals surface area contributed by atoms with E-state index in [2.05, 4.69) is 64.8 Å². The van der Waals surface area contributed by atoms with E-state index in [1.807, 2.05) is 25.3 Å². The highest BCUT2D eigenvalue weighted by Gasteiger charge is 2.06. The summed E-state index contributed by atoms with van der Waals surface area (Å²) in [5.74, 6) is 0.851. The second kappa shape index (κ2) is 11.0. The largest absolute Gasteiger partial charge is 0.357 e. The number of hydrogen-bond acceptors (Lipinski definition) is 2. The number of guanidine groups is 1. The Morgan fingerprint density at radius 2 is 1.92 bits per heavy atom. The zero-order valence-electron chi connectivity index (χ0n) is 14.6. The van der Waals surface area contributed by atoms with Crippen LogP contribution in [0.3, 0.4) is 0 Å². The predicted molar refractivity (Wildman–Crippen MR) is 112 cm³/mol. The number of halogens is 1. The van der Waals surface area contributed by atoms with E-state index in [0.29, 0.717) is 0 Å². The van der Waals surface area contributed by atoms with Gasteiger partial charge in [0.15, 0.2) is 5.96 Å². The van der Waals surface area contributed by atoms with E-state index in [1.54, 1.807) is 0 Å². The molecule has 0 radical (unpaired) electrons. The van der Waals surface area contributed by atoms with Crippen LogP contribution in [0.1, 0.15) is 36.7 Å². The van der Waals surface area contributed by atoms with Gasteiger partial charge in [-0.2, -0.15) is 0 Å². The summed E-state index contributed by atoms with van der Waals surface area (Å²) in [6, 6.07) is 14.8. The molecule has 0 aliphatic carbocycles. The van der Waals surface area contributed by atoms with Crippen molar-refractivity contribution in [3.63, 3.8) is 0 Å². The van der Waals surface area contributed by atoms with Gasteiger partial charge in [0.05, 0.1) is 6.04 Å². The molecule has 0 aliphatic rings. The number of aryl methyl sites for hydroxylation is 1. The zero-order chi connectivity index (χ0) is 16.5. The normalized spacial score (nSPS) is 12.2. The number of nitrogens with one attached hydrogen (secondary N) is 2. The maximum Gasteiger partial charge on any atom is 0.191 e. The average Bonchev–Trinajstić information content (AvgIpc) is 2.57. The molecule has 24 heavy (non-hydrogen) atoms. The summed E-state index contributed by atoms with van der Waals surface area (Å²) in [5, 5.41) is 6.75. The molecular weight excluding hydrogens is 411 g/mol. The molecule has 1 aromatic heterocycles. The molecule has 1 atom stereocenters. The molecule has 0 aliphatic heterocycles. The minimum absolute atomic E-state index is 0. The SMILES string of the molecule is CCNC(=NCCc1ccc(C)nc1)NC(C)c1ccccc1.I. The third kappa shape index (κ3) is 6.86. The first-order valence-corrected chi connectivity index (χ1v) is 8.20. The van der Waals surface area contributed by atoms with Crippen molar-refractivity contribution >= 4 is 29.9 Å². The fourth-order valence-electron chi connectivity index (χ4n) is 2.29. The summed E-state index contributed by atoms with van der Waals surface area (Å²) < 4.78 is 0. The van der Waals surface area contributed by atoms with E-state index < -0.39 is 0 Å². The number of benzene rings is 1. The molecule has 0 saturated carbocycles. The Labute approximate surface area is 162 Å². The van der Waals surface area contributed by atoms with Crippen LogP contribution in [-0.2, 0) is 6.42 Å². The first-order valence-electron chi connectivity index (χ1n) is 8.20. The lowest BCUT2D eigenvalue weighted by atomic mass is 10.1. The van der Waals surface area contributed by atoms with Crippen LogP contribution in [-0.4, -0.2) is 24.0 Å². The van der Waals surface area contributed by atoms with Crippen LogP contribution in [0.5, 0.6) is 0 Å². The quantitative estimate of drug-likeness (QED) is 0.409. The van der Waals surface area contributed by atoms with Gasteiger partial charge in [0.25, 0.3) is 0 Å². The van der Waals surface area contributed by atoms with Gasteiger partial charge in [0, 0.05) is 25.0 Å². The molecular formula is C19H27IN4. The maximum absolute atomic E-state index is 4.66. The molecule has 5 heteroatoms. The molecule has 0 fully saturated rings. The Bertz CT molecular complexity index is 611. The van der Waals surface area contributed by atoms with Crippen molar-refractivity contribution < 1.29 is 0 Å². The van der Waals surface area contributed by atoms with Crippen molar-refractivity contribution in [2.45, 2.75) is 33.2 Å². The number of nitrogens with zero attached hydrogens (tertiary/aromatic N) is 2. The average molecular weight is 438 g/mol. The Morgan fingerprint density at radius 3 is 2.54 bits per heavy atom. The summed E-state index contributed by atoms with van der Waals surface area (Å²) in [5.41, 5.74) is 3.51. The standard InChI is InChI=1S/C19H26N4.HI/c1-4-20-19(23-16(3)18-8-6-5-7-9-18)21-13-12-17-11-10-15(2)22-14-17;/h5-11,14,16H,4,12-13H2,1-3H3,(H2,20,21,23);1H. The lowest BCUT2D eigenvalue weighted by Gasteiger charge is -2.18. The Kier molecular flexibility index (Phi) is 9.37. The van der Waals surface area contributed by atoms with Gasteiger partial charge in [-0.05, 0) is 44.4 Å². The summed E-state index contributed by atoms with van der Waals surface area (Å²) in [6.45, 7) is 7.81. The van der Waals surface area contributed by atoms with Gasteiger partial charge >= 0.3 is 0 Å². The first-order chi connectivity index (χ1) is 11.2. The van der Waals surface area contributed by atoms with Crippen molar-refractivity contribution in [1.29, 1.82) is 0 Å². The summed E-state index contributed by atoms with van der Waals surface area (Å²) >= 11 is 0. The van der Waals surface area contributed by atoms with E-state index in [0.717, 1.165) is 31.2 Å². The maximum atomic E-state index is 4.66. The van der Waals surface area contributed by atoms with Crippen LogP contribution < -0.4 is 10.6 Å². The molecule has 130 valence electrons. The fraction of sp³-hybridized carbons (Fsp3) is 0.368. The third-order valence-corrected chi connectivity index (χ3v) is 3.64. The number of pyridine rings is 1. The van der Waals surface area contributed by atoms with Gasteiger partial charge in [-0.25, -0.2) is 0 Å². The molecule has 1 heterocycles. The third-order valence-electron chi connectivity index (χ3n) is 3.64. The fourth-order valence-corrected chi connectivity index (χ4v) is 2.29. The lowest BCUT2D eigenvalue weighted by molar-refractivity contribution is 0.686. The molecule has 0 bridgehead atoms. The van der Waals surface area contributed by atoms with Crippen LogP contribution in [0.4, 0.5) is 0 Å². The molecule has 0 saturated heterocycles. The number of aromatic nitrogens is 1. The van der Waals surface area contributed by atoms with Crippen molar-refractivity contribution in [2.24, 2.45) is 4.99 Å². The molecule has 4 nitrogen and oxygen atoms in total. The number of aliphatic imine (C=N–C) groups is 1. The van der Waals surface area contributed by atoms with Gasteiger partial charge < -0.3 is 10.6 Å². The van der Waals surface area contributed by atoms with Crippen molar-refractivity contribution in [3.8, 4) is 0 Å². The second-order valence-corrected chi connectivity index (χ2v) is 5.60. The van der Waals surface area contributed by atoms with Gasteiger partial charge in [-0.3, -0.25) is 9.98 Å². The van der Waals surface area contributed by atoms with Gasteiger partial charge in [-0.1, -0.05) is 36.4 Å². The predicted octanol–water partition coefficient (Wildman–Crippen LogP) is 3.87. The monoisotopic (exact) mass is 438 g/mol. The van der Waals surface area contributed by atoms with Crippen LogP contribution in [0.2, 0.25) is 0 Å². The Morgan fingerprint density at radius 1 is 1.17 bits per heavy atom. The lowest BCUT2D eigenvalue weighted by Crippen LogP contribution is -2.38. The minimum atomic E-state index is 0. The van der Waals surface area contributed by atoms with Crippen LogP contribution in [0, 0.1) is 6.92 Å². The van der Waals surface area contributed by atoms with Gasteiger partial charge in [-0.15, -0.1) is 24.0 Å². The topological polar surface area (TPSA) is 49.3 Å². The minimum Gasteiger partial charge on any atom is -0.357 e. The molecule has 2 rings (SSSR count). The Balaban J connectivity index is 0.00000288. The van der Waals surface area contributed by atoms with Crippen LogP contribution >= 0.6 is 24.0 Å². The van der Waals surface area contributed by atoms with Crippen LogP contribution in [0.25, 0.3) is 0 Å². The van der Waals surface area contributed by atoms with E-state index >= 15 is 0 Å². The molecule has 0 amide bonds. The molecule has 2 N–H and O–H groups in total.